The van der Waals surface area contributed by atoms with E-state index in [2.05, 4.69) is 69.5 Å². The molecule has 0 aromatic heterocycles. The molecule has 4 rings (SSSR count). The Morgan fingerprint density at radius 2 is 1.21 bits per heavy atom. The van der Waals surface area contributed by atoms with Crippen LogP contribution in [0.4, 0.5) is 0 Å². The van der Waals surface area contributed by atoms with E-state index in [9.17, 15) is 9.59 Å². The molecule has 1 aliphatic carbocycles. The summed E-state index contributed by atoms with van der Waals surface area (Å²) in [6, 6.07) is 21.1. The predicted molar refractivity (Wildman–Crippen MR) is 210 cm³/mol. The molecule has 0 unspecified atom stereocenters. The van der Waals surface area contributed by atoms with Crippen LogP contribution in [0.1, 0.15) is 82.8 Å². The minimum Gasteiger partial charge on any atom is -0.490 e. The monoisotopic (exact) mass is 726 g/mol. The van der Waals surface area contributed by atoms with Crippen molar-refractivity contribution in [2.24, 2.45) is 11.8 Å². The fourth-order valence-electron chi connectivity index (χ4n) is 6.89. The first-order chi connectivity index (χ1) is 25.7. The van der Waals surface area contributed by atoms with Gasteiger partial charge in [0.25, 0.3) is 0 Å². The summed E-state index contributed by atoms with van der Waals surface area (Å²) in [5, 5.41) is 18.2. The highest BCUT2D eigenvalue weighted by molar-refractivity contribution is 5.88. The SMILES string of the molecule is C=C(CO)C(=O)OCCOc1cc(OCCOC(=O)C(=C)CO)cc(-c2ccc(-c3ccc(CCC4CCC(CCCCC)CC4)cc3)cc2CC)c1. The first kappa shape index (κ1) is 41.4. The van der Waals surface area contributed by atoms with E-state index in [1.165, 1.54) is 68.9 Å². The van der Waals surface area contributed by atoms with Crippen molar-refractivity contribution in [3.05, 3.63) is 96.1 Å². The molecule has 8 nitrogen and oxygen atoms in total. The van der Waals surface area contributed by atoms with Crippen molar-refractivity contribution < 1.29 is 38.7 Å². The van der Waals surface area contributed by atoms with Crippen molar-refractivity contribution >= 4 is 11.9 Å². The molecule has 0 bridgehead atoms. The van der Waals surface area contributed by atoms with Crippen LogP contribution in [0.3, 0.4) is 0 Å². The molecule has 0 atom stereocenters. The summed E-state index contributed by atoms with van der Waals surface area (Å²) >= 11 is 0. The Kier molecular flexibility index (Phi) is 17.1. The maximum absolute atomic E-state index is 11.9. The van der Waals surface area contributed by atoms with E-state index in [4.69, 9.17) is 29.2 Å². The Morgan fingerprint density at radius 3 is 1.74 bits per heavy atom. The summed E-state index contributed by atoms with van der Waals surface area (Å²) in [5.41, 5.74) is 6.74. The molecule has 0 heterocycles. The Morgan fingerprint density at radius 1 is 0.660 bits per heavy atom. The van der Waals surface area contributed by atoms with Crippen LogP contribution in [0.5, 0.6) is 11.5 Å². The highest BCUT2D eigenvalue weighted by Gasteiger charge is 2.21. The smallest absolute Gasteiger partial charge is 0.335 e. The van der Waals surface area contributed by atoms with E-state index in [0.29, 0.717) is 11.5 Å². The zero-order chi connectivity index (χ0) is 38.0. The Hall–Kier alpha value is -4.40. The fourth-order valence-corrected chi connectivity index (χ4v) is 6.89. The zero-order valence-corrected chi connectivity index (χ0v) is 31.7. The molecule has 1 saturated carbocycles. The highest BCUT2D eigenvalue weighted by Crippen LogP contribution is 2.36. The average Bonchev–Trinajstić information content (AvgIpc) is 3.19. The van der Waals surface area contributed by atoms with E-state index in [0.717, 1.165) is 46.9 Å². The number of carbonyl (C=O) groups is 2. The number of esters is 2. The van der Waals surface area contributed by atoms with Crippen molar-refractivity contribution in [3.63, 3.8) is 0 Å². The summed E-state index contributed by atoms with van der Waals surface area (Å²) in [7, 11) is 0. The van der Waals surface area contributed by atoms with Crippen molar-refractivity contribution in [3.8, 4) is 33.8 Å². The number of aliphatic hydroxyl groups excluding tert-OH is 2. The minimum absolute atomic E-state index is 0.0295. The number of carbonyl (C=O) groups excluding carboxylic acids is 2. The molecule has 1 aliphatic rings. The first-order valence-corrected chi connectivity index (χ1v) is 19.3. The van der Waals surface area contributed by atoms with Gasteiger partial charge in [-0.2, -0.15) is 0 Å². The molecule has 0 radical (unpaired) electrons. The number of hydrogen-bond acceptors (Lipinski definition) is 8. The molecule has 0 aliphatic heterocycles. The lowest BCUT2D eigenvalue weighted by Gasteiger charge is -2.28. The second-order valence-corrected chi connectivity index (χ2v) is 14.0. The number of benzene rings is 3. The Bertz CT molecular complexity index is 1580. The van der Waals surface area contributed by atoms with E-state index in [1.54, 1.807) is 6.07 Å². The minimum atomic E-state index is -0.680. The number of hydrogen-bond donors (Lipinski definition) is 2. The Labute approximate surface area is 315 Å². The maximum Gasteiger partial charge on any atom is 0.335 e. The molecule has 2 N–H and O–H groups in total. The van der Waals surface area contributed by atoms with Gasteiger partial charge in [0.15, 0.2) is 0 Å². The second-order valence-electron chi connectivity index (χ2n) is 14.0. The quantitative estimate of drug-likeness (QED) is 0.0601. The lowest BCUT2D eigenvalue weighted by molar-refractivity contribution is -0.141. The number of unbranched alkanes of at least 4 members (excludes halogenated alkanes) is 2. The topological polar surface area (TPSA) is 112 Å². The molecule has 3 aromatic rings. The molecule has 8 heteroatoms. The summed E-state index contributed by atoms with van der Waals surface area (Å²) in [5.74, 6) is 1.45. The van der Waals surface area contributed by atoms with Gasteiger partial charge in [-0.1, -0.05) is 121 Å². The number of ether oxygens (including phenoxy) is 4. The van der Waals surface area contributed by atoms with Gasteiger partial charge in [0.1, 0.15) is 37.9 Å². The van der Waals surface area contributed by atoms with Crippen LogP contribution in [0.25, 0.3) is 22.3 Å². The van der Waals surface area contributed by atoms with Crippen molar-refractivity contribution in [2.75, 3.05) is 39.6 Å². The Balaban J connectivity index is 1.42. The van der Waals surface area contributed by atoms with Crippen molar-refractivity contribution in [2.45, 2.75) is 84.5 Å². The lowest BCUT2D eigenvalue weighted by atomic mass is 9.78. The van der Waals surface area contributed by atoms with Crippen LogP contribution >= 0.6 is 0 Å². The van der Waals surface area contributed by atoms with Gasteiger partial charge in [-0.25, -0.2) is 9.59 Å². The van der Waals surface area contributed by atoms with Crippen LogP contribution in [0.15, 0.2) is 85.0 Å². The molecule has 1 fully saturated rings. The molecule has 286 valence electrons. The molecule has 0 saturated heterocycles. The third-order valence-corrected chi connectivity index (χ3v) is 10.1. The summed E-state index contributed by atoms with van der Waals surface area (Å²) in [6.45, 7) is 10.5. The van der Waals surface area contributed by atoms with Crippen LogP contribution in [-0.2, 0) is 31.9 Å². The van der Waals surface area contributed by atoms with Gasteiger partial charge in [0.2, 0.25) is 0 Å². The van der Waals surface area contributed by atoms with E-state index in [-0.39, 0.29) is 37.6 Å². The number of aryl methyl sites for hydroxylation is 2. The normalized spacial score (nSPS) is 15.4. The number of rotatable bonds is 22. The van der Waals surface area contributed by atoms with Gasteiger partial charge < -0.3 is 29.2 Å². The fraction of sp³-hybridized carbons (Fsp3) is 0.467. The van der Waals surface area contributed by atoms with Crippen LogP contribution in [0.2, 0.25) is 0 Å². The maximum atomic E-state index is 11.9. The lowest BCUT2D eigenvalue weighted by Crippen LogP contribution is -2.15. The van der Waals surface area contributed by atoms with E-state index >= 15 is 0 Å². The summed E-state index contributed by atoms with van der Waals surface area (Å²) < 4.78 is 22.1. The third kappa shape index (κ3) is 13.2. The standard InChI is InChI=1S/C45H58O8/c1-5-7-8-9-34-10-12-35(13-11-34)14-15-36-16-18-38(19-17-36)39-20-21-43(37(6-2)26-39)40-27-41(50-22-24-52-44(48)32(3)30-46)29-42(28-40)51-23-25-53-45(49)33(4)31-47/h16-21,26-29,34-35,46-47H,3-15,22-25,30-31H2,1-2H3. The van der Waals surface area contributed by atoms with Crippen LogP contribution in [0, 0.1) is 11.8 Å². The first-order valence-electron chi connectivity index (χ1n) is 19.3. The van der Waals surface area contributed by atoms with Crippen molar-refractivity contribution in [1.82, 2.24) is 0 Å². The second kappa shape index (κ2) is 22.0. The van der Waals surface area contributed by atoms with Gasteiger partial charge in [-0.3, -0.25) is 0 Å². The van der Waals surface area contributed by atoms with Gasteiger partial charge in [0, 0.05) is 6.07 Å². The molecule has 0 amide bonds. The van der Waals surface area contributed by atoms with Crippen LogP contribution in [-0.4, -0.2) is 61.8 Å². The molecule has 3 aromatic carbocycles. The number of aliphatic hydroxyl groups is 2. The zero-order valence-electron chi connectivity index (χ0n) is 31.7. The van der Waals surface area contributed by atoms with E-state index in [1.807, 2.05) is 12.1 Å². The van der Waals surface area contributed by atoms with Gasteiger partial charge in [-0.15, -0.1) is 0 Å². The van der Waals surface area contributed by atoms with Crippen molar-refractivity contribution in [1.29, 1.82) is 0 Å². The molecule has 0 spiro atoms. The summed E-state index contributed by atoms with van der Waals surface area (Å²) in [6.07, 6.45) is 14.3. The highest BCUT2D eigenvalue weighted by atomic mass is 16.6. The van der Waals surface area contributed by atoms with Gasteiger partial charge in [-0.05, 0) is 76.6 Å². The van der Waals surface area contributed by atoms with Gasteiger partial charge in [0.05, 0.1) is 24.4 Å². The van der Waals surface area contributed by atoms with Crippen LogP contribution < -0.4 is 9.47 Å². The molecule has 53 heavy (non-hydrogen) atoms. The molecular formula is C45H58O8. The molecular weight excluding hydrogens is 668 g/mol. The third-order valence-electron chi connectivity index (χ3n) is 10.1. The largest absolute Gasteiger partial charge is 0.490 e. The van der Waals surface area contributed by atoms with E-state index < -0.39 is 25.2 Å². The predicted octanol–water partition coefficient (Wildman–Crippen LogP) is 8.84. The van der Waals surface area contributed by atoms with Gasteiger partial charge >= 0.3 is 11.9 Å². The summed E-state index contributed by atoms with van der Waals surface area (Å²) in [4.78, 5) is 23.7. The average molecular weight is 727 g/mol.